The number of sulfonamides is 1. The van der Waals surface area contributed by atoms with Crippen LogP contribution >= 0.6 is 11.8 Å². The molecule has 2 aromatic carbocycles. The van der Waals surface area contributed by atoms with Crippen LogP contribution in [-0.2, 0) is 14.8 Å². The van der Waals surface area contributed by atoms with E-state index in [-0.39, 0.29) is 34.7 Å². The molecule has 0 aliphatic carbocycles. The largest absolute Gasteiger partial charge is 0.333 e. The zero-order chi connectivity index (χ0) is 23.8. The number of carbonyl (C=O) groups excluding carboxylic acids is 1. The molecule has 1 aliphatic heterocycles. The van der Waals surface area contributed by atoms with Gasteiger partial charge in [0.25, 0.3) is 5.69 Å². The van der Waals surface area contributed by atoms with Crippen LogP contribution < -0.4 is 0 Å². The van der Waals surface area contributed by atoms with Crippen molar-refractivity contribution >= 4 is 44.4 Å². The van der Waals surface area contributed by atoms with Gasteiger partial charge in [0.15, 0.2) is 5.16 Å². The molecule has 1 atom stereocenters. The molecule has 174 valence electrons. The Morgan fingerprint density at radius 1 is 1.24 bits per heavy atom. The van der Waals surface area contributed by atoms with Gasteiger partial charge >= 0.3 is 0 Å². The number of hydrogen-bond donors (Lipinski definition) is 1. The van der Waals surface area contributed by atoms with Crippen LogP contribution in [0, 0.1) is 16.0 Å². The molecule has 0 unspecified atom stereocenters. The van der Waals surface area contributed by atoms with Crippen molar-refractivity contribution in [1.29, 1.82) is 0 Å². The molecular weight excluding hydrogens is 466 g/mol. The lowest BCUT2D eigenvalue weighted by molar-refractivity contribution is -0.384. The molecule has 1 amide bonds. The van der Waals surface area contributed by atoms with Gasteiger partial charge in [-0.1, -0.05) is 43.8 Å². The van der Waals surface area contributed by atoms with Crippen molar-refractivity contribution in [3.05, 3.63) is 58.6 Å². The van der Waals surface area contributed by atoms with E-state index < -0.39 is 21.1 Å². The van der Waals surface area contributed by atoms with Crippen LogP contribution in [0.5, 0.6) is 0 Å². The highest BCUT2D eigenvalue weighted by atomic mass is 32.2. The van der Waals surface area contributed by atoms with Gasteiger partial charge in [0.05, 0.1) is 26.6 Å². The molecule has 12 heteroatoms. The zero-order valence-corrected chi connectivity index (χ0v) is 19.7. The second kappa shape index (κ2) is 9.12. The van der Waals surface area contributed by atoms with Gasteiger partial charge in [-0.25, -0.2) is 13.4 Å². The number of imidazole rings is 1. The van der Waals surface area contributed by atoms with Crippen LogP contribution in [-0.4, -0.2) is 63.4 Å². The lowest BCUT2D eigenvalue weighted by Crippen LogP contribution is -2.48. The van der Waals surface area contributed by atoms with Crippen molar-refractivity contribution in [2.24, 2.45) is 5.92 Å². The van der Waals surface area contributed by atoms with Crippen LogP contribution in [0.4, 0.5) is 5.69 Å². The van der Waals surface area contributed by atoms with Gasteiger partial charge in [-0.3, -0.25) is 14.9 Å². The fourth-order valence-electron chi connectivity index (χ4n) is 3.95. The van der Waals surface area contributed by atoms with E-state index in [0.29, 0.717) is 22.7 Å². The number of nitrogens with one attached hydrogen (secondary N) is 1. The lowest BCUT2D eigenvalue weighted by Gasteiger charge is -2.32. The number of nitro benzene ring substituents is 1. The Balaban J connectivity index is 1.49. The number of rotatable bonds is 7. The molecule has 4 rings (SSSR count). The molecule has 2 heterocycles. The van der Waals surface area contributed by atoms with E-state index >= 15 is 0 Å². The minimum absolute atomic E-state index is 0.0460. The van der Waals surface area contributed by atoms with Gasteiger partial charge in [-0.15, -0.1) is 0 Å². The van der Waals surface area contributed by atoms with Crippen LogP contribution in [0.25, 0.3) is 11.0 Å². The third-order valence-electron chi connectivity index (χ3n) is 5.43. The van der Waals surface area contributed by atoms with Crippen LogP contribution in [0.2, 0.25) is 0 Å². The summed E-state index contributed by atoms with van der Waals surface area (Å²) in [5.41, 5.74) is 1.03. The SMILES string of the molecule is CC(C)[C@H]1N(C(=O)CSc2nc3ccc([N+](=O)[O-])cc3[nH]2)CCN1S(=O)(=O)c1ccccc1. The third kappa shape index (κ3) is 4.59. The van der Waals surface area contributed by atoms with E-state index in [1.165, 1.54) is 28.2 Å². The normalized spacial score (nSPS) is 17.2. The maximum Gasteiger partial charge on any atom is 0.271 e. The minimum Gasteiger partial charge on any atom is -0.333 e. The average Bonchev–Trinajstić information content (AvgIpc) is 3.42. The van der Waals surface area contributed by atoms with E-state index in [9.17, 15) is 23.3 Å². The molecule has 0 spiro atoms. The highest BCUT2D eigenvalue weighted by Crippen LogP contribution is 2.30. The van der Waals surface area contributed by atoms with Crippen molar-refractivity contribution in [3.8, 4) is 0 Å². The fourth-order valence-corrected chi connectivity index (χ4v) is 6.46. The minimum atomic E-state index is -3.74. The number of aromatic amines is 1. The summed E-state index contributed by atoms with van der Waals surface area (Å²) in [5, 5.41) is 11.4. The highest BCUT2D eigenvalue weighted by molar-refractivity contribution is 7.99. The van der Waals surface area contributed by atoms with Crippen molar-refractivity contribution in [2.45, 2.75) is 30.1 Å². The summed E-state index contributed by atoms with van der Waals surface area (Å²) in [6.45, 7) is 4.32. The number of benzene rings is 2. The Bertz CT molecular complexity index is 1290. The fraction of sp³-hybridized carbons (Fsp3) is 0.333. The van der Waals surface area contributed by atoms with E-state index in [1.54, 1.807) is 41.3 Å². The third-order valence-corrected chi connectivity index (χ3v) is 8.17. The van der Waals surface area contributed by atoms with Crippen LogP contribution in [0.15, 0.2) is 58.6 Å². The number of aromatic nitrogens is 2. The topological polar surface area (TPSA) is 130 Å². The molecule has 3 aromatic rings. The number of H-pyrrole nitrogens is 1. The van der Waals surface area contributed by atoms with Gasteiger partial charge in [-0.2, -0.15) is 4.31 Å². The molecule has 1 saturated heterocycles. The van der Waals surface area contributed by atoms with Gasteiger partial charge < -0.3 is 9.88 Å². The summed E-state index contributed by atoms with van der Waals surface area (Å²) < 4.78 is 27.8. The summed E-state index contributed by atoms with van der Waals surface area (Å²) in [7, 11) is -3.74. The van der Waals surface area contributed by atoms with Crippen molar-refractivity contribution in [3.63, 3.8) is 0 Å². The number of fused-ring (bicyclic) bond motifs is 1. The van der Waals surface area contributed by atoms with Crippen LogP contribution in [0.3, 0.4) is 0 Å². The predicted octanol–water partition coefficient (Wildman–Crippen LogP) is 3.08. The summed E-state index contributed by atoms with van der Waals surface area (Å²) >= 11 is 1.18. The van der Waals surface area contributed by atoms with E-state index in [1.807, 2.05) is 13.8 Å². The first-order valence-corrected chi connectivity index (χ1v) is 12.7. The molecular formula is C21H23N5O5S2. The standard InChI is InChI=1S/C21H23N5O5S2/c1-14(2)20-24(10-11-25(20)33(30,31)16-6-4-3-5-7-16)19(27)13-32-21-22-17-9-8-15(26(28)29)12-18(17)23-21/h3-9,12,14,20H,10-11,13H2,1-2H3,(H,22,23)/t20-/m0/s1. The summed E-state index contributed by atoms with van der Waals surface area (Å²) in [6.07, 6.45) is -0.582. The van der Waals surface area contributed by atoms with Crippen molar-refractivity contribution in [2.75, 3.05) is 18.8 Å². The maximum atomic E-state index is 13.2. The molecule has 0 radical (unpaired) electrons. The Labute approximate surface area is 195 Å². The van der Waals surface area contributed by atoms with E-state index in [4.69, 9.17) is 0 Å². The first kappa shape index (κ1) is 23.2. The second-order valence-corrected chi connectivity index (χ2v) is 10.8. The maximum absolute atomic E-state index is 13.2. The number of carbonyl (C=O) groups is 1. The number of nitrogens with zero attached hydrogens (tertiary/aromatic N) is 4. The first-order chi connectivity index (χ1) is 15.7. The highest BCUT2D eigenvalue weighted by Gasteiger charge is 2.43. The molecule has 1 N–H and O–H groups in total. The molecule has 33 heavy (non-hydrogen) atoms. The van der Waals surface area contributed by atoms with Gasteiger partial charge in [0.2, 0.25) is 15.9 Å². The summed E-state index contributed by atoms with van der Waals surface area (Å²) in [4.78, 5) is 32.7. The number of hydrogen-bond acceptors (Lipinski definition) is 7. The number of nitro groups is 1. The number of non-ortho nitro benzene ring substituents is 1. The van der Waals surface area contributed by atoms with Crippen molar-refractivity contribution in [1.82, 2.24) is 19.2 Å². The van der Waals surface area contributed by atoms with Gasteiger partial charge in [0, 0.05) is 25.2 Å². The first-order valence-electron chi connectivity index (χ1n) is 10.3. The Morgan fingerprint density at radius 2 is 1.97 bits per heavy atom. The average molecular weight is 490 g/mol. The quantitative estimate of drug-likeness (QED) is 0.307. The molecule has 1 aromatic heterocycles. The Kier molecular flexibility index (Phi) is 6.41. The summed E-state index contributed by atoms with van der Waals surface area (Å²) in [5.74, 6) is -0.243. The van der Waals surface area contributed by atoms with Crippen molar-refractivity contribution < 1.29 is 18.1 Å². The van der Waals surface area contributed by atoms with E-state index in [0.717, 1.165) is 0 Å². The Morgan fingerprint density at radius 3 is 2.64 bits per heavy atom. The predicted molar refractivity (Wildman–Crippen MR) is 124 cm³/mol. The van der Waals surface area contributed by atoms with Gasteiger partial charge in [-0.05, 0) is 24.1 Å². The van der Waals surface area contributed by atoms with E-state index in [2.05, 4.69) is 9.97 Å². The van der Waals surface area contributed by atoms with Gasteiger partial charge in [0.1, 0.15) is 6.17 Å². The molecule has 0 saturated carbocycles. The molecule has 1 aliphatic rings. The molecule has 10 nitrogen and oxygen atoms in total. The molecule has 0 bridgehead atoms. The second-order valence-electron chi connectivity index (χ2n) is 7.96. The number of thioether (sulfide) groups is 1. The number of amides is 1. The monoisotopic (exact) mass is 489 g/mol. The lowest BCUT2D eigenvalue weighted by atomic mass is 10.1. The van der Waals surface area contributed by atoms with Crippen LogP contribution in [0.1, 0.15) is 13.8 Å². The molecule has 1 fully saturated rings. The Hall–Kier alpha value is -2.96. The smallest absolute Gasteiger partial charge is 0.271 e. The zero-order valence-electron chi connectivity index (χ0n) is 18.0. The summed E-state index contributed by atoms with van der Waals surface area (Å²) in [6, 6.07) is 12.5.